The maximum atomic E-state index is 12.4. The van der Waals surface area contributed by atoms with Gasteiger partial charge in [0.2, 0.25) is 5.91 Å². The van der Waals surface area contributed by atoms with Gasteiger partial charge in [0.05, 0.1) is 13.2 Å². The molecule has 2 amide bonds. The lowest BCUT2D eigenvalue weighted by atomic mass is 10.0. The van der Waals surface area contributed by atoms with Gasteiger partial charge in [0.1, 0.15) is 0 Å². The van der Waals surface area contributed by atoms with Crippen molar-refractivity contribution in [1.82, 2.24) is 15.5 Å². The number of hydrogen-bond donors (Lipinski definition) is 2. The summed E-state index contributed by atoms with van der Waals surface area (Å²) in [6.07, 6.45) is 2.06. The second-order valence-electron chi connectivity index (χ2n) is 6.43. The van der Waals surface area contributed by atoms with Crippen LogP contribution < -0.4 is 10.6 Å². The fraction of sp³-hybridized carbons (Fsp3) is 0.556. The van der Waals surface area contributed by atoms with Gasteiger partial charge in [-0.3, -0.25) is 9.59 Å². The molecule has 3 rings (SSSR count). The highest BCUT2D eigenvalue weighted by Crippen LogP contribution is 2.14. The molecule has 0 aromatic heterocycles. The standard InChI is InChI=1S/C18H25N3O3/c22-17(12-16-13-24-11-8-19-16)20-15-6-9-21(10-7-15)18(23)14-4-2-1-3-5-14/h1-5,15-16,19H,6-13H2,(H,20,22). The molecule has 0 radical (unpaired) electrons. The Morgan fingerprint density at radius 2 is 1.96 bits per heavy atom. The molecular formula is C18H25N3O3. The molecule has 130 valence electrons. The van der Waals surface area contributed by atoms with E-state index in [1.165, 1.54) is 0 Å². The van der Waals surface area contributed by atoms with Crippen molar-refractivity contribution in [1.29, 1.82) is 0 Å². The summed E-state index contributed by atoms with van der Waals surface area (Å²) >= 11 is 0. The van der Waals surface area contributed by atoms with Crippen LogP contribution in [0.5, 0.6) is 0 Å². The molecule has 1 atom stereocenters. The highest BCUT2D eigenvalue weighted by Gasteiger charge is 2.25. The molecule has 2 heterocycles. The fourth-order valence-electron chi connectivity index (χ4n) is 3.25. The number of morpholine rings is 1. The first-order valence-electron chi connectivity index (χ1n) is 8.67. The first-order chi connectivity index (χ1) is 11.7. The van der Waals surface area contributed by atoms with Gasteiger partial charge in [-0.05, 0) is 25.0 Å². The molecule has 0 saturated carbocycles. The molecule has 0 aliphatic carbocycles. The minimum absolute atomic E-state index is 0.0610. The van der Waals surface area contributed by atoms with Gasteiger partial charge in [0.25, 0.3) is 5.91 Å². The lowest BCUT2D eigenvalue weighted by Crippen LogP contribution is -2.49. The average molecular weight is 331 g/mol. The van der Waals surface area contributed by atoms with E-state index in [1.807, 2.05) is 35.2 Å². The van der Waals surface area contributed by atoms with Gasteiger partial charge in [-0.15, -0.1) is 0 Å². The third-order valence-electron chi connectivity index (χ3n) is 4.60. The molecule has 24 heavy (non-hydrogen) atoms. The maximum absolute atomic E-state index is 12.4. The summed E-state index contributed by atoms with van der Waals surface area (Å²) in [5.74, 6) is 0.134. The van der Waals surface area contributed by atoms with E-state index in [-0.39, 0.29) is 23.9 Å². The van der Waals surface area contributed by atoms with Crippen LogP contribution in [0, 0.1) is 0 Å². The fourth-order valence-corrected chi connectivity index (χ4v) is 3.25. The quantitative estimate of drug-likeness (QED) is 0.856. The number of ether oxygens (including phenoxy) is 1. The SMILES string of the molecule is O=C(CC1COCCN1)NC1CCN(C(=O)c2ccccc2)CC1. The third-order valence-corrected chi connectivity index (χ3v) is 4.60. The van der Waals surface area contributed by atoms with E-state index >= 15 is 0 Å². The number of rotatable bonds is 4. The second-order valence-corrected chi connectivity index (χ2v) is 6.43. The van der Waals surface area contributed by atoms with Crippen molar-refractivity contribution in [3.8, 4) is 0 Å². The summed E-state index contributed by atoms with van der Waals surface area (Å²) in [6, 6.07) is 9.61. The molecule has 2 aliphatic rings. The van der Waals surface area contributed by atoms with Gasteiger partial charge < -0.3 is 20.3 Å². The number of hydrogen-bond acceptors (Lipinski definition) is 4. The van der Waals surface area contributed by atoms with E-state index in [4.69, 9.17) is 4.74 Å². The first kappa shape index (κ1) is 16.9. The Morgan fingerprint density at radius 3 is 2.62 bits per heavy atom. The molecule has 2 aliphatic heterocycles. The zero-order valence-corrected chi connectivity index (χ0v) is 13.9. The van der Waals surface area contributed by atoms with Crippen LogP contribution in [0.3, 0.4) is 0 Å². The van der Waals surface area contributed by atoms with E-state index in [1.54, 1.807) is 0 Å². The monoisotopic (exact) mass is 331 g/mol. The number of carbonyl (C=O) groups excluding carboxylic acids is 2. The number of nitrogens with zero attached hydrogens (tertiary/aromatic N) is 1. The molecule has 2 fully saturated rings. The predicted octanol–water partition coefficient (Wildman–Crippen LogP) is 0.786. The highest BCUT2D eigenvalue weighted by molar-refractivity contribution is 5.94. The smallest absolute Gasteiger partial charge is 0.253 e. The van der Waals surface area contributed by atoms with Crippen LogP contribution in [0.1, 0.15) is 29.6 Å². The highest BCUT2D eigenvalue weighted by atomic mass is 16.5. The third kappa shape index (κ3) is 4.55. The van der Waals surface area contributed by atoms with E-state index in [0.717, 1.165) is 24.9 Å². The van der Waals surface area contributed by atoms with Gasteiger partial charge in [-0.2, -0.15) is 0 Å². The Labute approximate surface area is 142 Å². The van der Waals surface area contributed by atoms with Gasteiger partial charge in [-0.1, -0.05) is 18.2 Å². The van der Waals surface area contributed by atoms with Crippen LogP contribution in [-0.2, 0) is 9.53 Å². The molecule has 0 bridgehead atoms. The Balaban J connectivity index is 1.41. The Hall–Kier alpha value is -1.92. The van der Waals surface area contributed by atoms with Crippen molar-refractivity contribution in [2.45, 2.75) is 31.3 Å². The normalized spacial score (nSPS) is 22.2. The van der Waals surface area contributed by atoms with Crippen LogP contribution in [-0.4, -0.2) is 61.6 Å². The maximum Gasteiger partial charge on any atom is 0.253 e. The number of nitrogens with one attached hydrogen (secondary N) is 2. The van der Waals surface area contributed by atoms with Gasteiger partial charge in [0.15, 0.2) is 0 Å². The minimum atomic E-state index is 0.0610. The van der Waals surface area contributed by atoms with Gasteiger partial charge in [-0.25, -0.2) is 0 Å². The summed E-state index contributed by atoms with van der Waals surface area (Å²) in [4.78, 5) is 26.4. The van der Waals surface area contributed by atoms with E-state index in [0.29, 0.717) is 32.7 Å². The van der Waals surface area contributed by atoms with Crippen molar-refractivity contribution in [3.63, 3.8) is 0 Å². The first-order valence-corrected chi connectivity index (χ1v) is 8.67. The Bertz CT molecular complexity index is 550. The lowest BCUT2D eigenvalue weighted by Gasteiger charge is -2.33. The Kier molecular flexibility index (Phi) is 5.82. The zero-order chi connectivity index (χ0) is 16.8. The van der Waals surface area contributed by atoms with Crippen molar-refractivity contribution in [3.05, 3.63) is 35.9 Å². The van der Waals surface area contributed by atoms with Crippen LogP contribution >= 0.6 is 0 Å². The summed E-state index contributed by atoms with van der Waals surface area (Å²) in [5.41, 5.74) is 0.725. The lowest BCUT2D eigenvalue weighted by molar-refractivity contribution is -0.123. The summed E-state index contributed by atoms with van der Waals surface area (Å²) in [7, 11) is 0. The molecule has 6 nitrogen and oxygen atoms in total. The van der Waals surface area contributed by atoms with Crippen molar-refractivity contribution < 1.29 is 14.3 Å². The average Bonchev–Trinajstić information content (AvgIpc) is 2.63. The molecule has 1 aromatic rings. The molecule has 2 N–H and O–H groups in total. The summed E-state index contributed by atoms with van der Waals surface area (Å²) in [6.45, 7) is 3.48. The largest absolute Gasteiger partial charge is 0.378 e. The molecular weight excluding hydrogens is 306 g/mol. The number of benzene rings is 1. The zero-order valence-electron chi connectivity index (χ0n) is 13.9. The predicted molar refractivity (Wildman–Crippen MR) is 90.7 cm³/mol. The van der Waals surface area contributed by atoms with Crippen molar-refractivity contribution in [2.75, 3.05) is 32.8 Å². The molecule has 6 heteroatoms. The topological polar surface area (TPSA) is 70.7 Å². The van der Waals surface area contributed by atoms with Gasteiger partial charge >= 0.3 is 0 Å². The Morgan fingerprint density at radius 1 is 1.21 bits per heavy atom. The molecule has 0 spiro atoms. The van der Waals surface area contributed by atoms with Crippen molar-refractivity contribution >= 4 is 11.8 Å². The summed E-state index contributed by atoms with van der Waals surface area (Å²) in [5, 5.41) is 6.38. The molecule has 1 unspecified atom stereocenters. The second kappa shape index (κ2) is 8.26. The minimum Gasteiger partial charge on any atom is -0.378 e. The van der Waals surface area contributed by atoms with Gasteiger partial charge in [0, 0.05) is 43.7 Å². The van der Waals surface area contributed by atoms with E-state index in [9.17, 15) is 9.59 Å². The number of likely N-dealkylation sites (tertiary alicyclic amines) is 1. The molecule has 1 aromatic carbocycles. The van der Waals surface area contributed by atoms with E-state index < -0.39 is 0 Å². The van der Waals surface area contributed by atoms with Crippen molar-refractivity contribution in [2.24, 2.45) is 0 Å². The number of piperidine rings is 1. The van der Waals surface area contributed by atoms with Crippen LogP contribution in [0.15, 0.2) is 30.3 Å². The van der Waals surface area contributed by atoms with Crippen LogP contribution in [0.4, 0.5) is 0 Å². The van der Waals surface area contributed by atoms with Crippen LogP contribution in [0.2, 0.25) is 0 Å². The number of carbonyl (C=O) groups is 2. The van der Waals surface area contributed by atoms with E-state index in [2.05, 4.69) is 10.6 Å². The molecule has 2 saturated heterocycles. The summed E-state index contributed by atoms with van der Waals surface area (Å²) < 4.78 is 5.37. The van der Waals surface area contributed by atoms with Crippen LogP contribution in [0.25, 0.3) is 0 Å². The number of amides is 2.